The van der Waals surface area contributed by atoms with Crippen molar-refractivity contribution in [2.75, 3.05) is 6.61 Å². The van der Waals surface area contributed by atoms with Crippen LogP contribution < -0.4 is 4.74 Å². The Bertz CT molecular complexity index is 402. The van der Waals surface area contributed by atoms with Crippen LogP contribution in [0, 0.1) is 0 Å². The highest BCUT2D eigenvalue weighted by Gasteiger charge is 1.95. The Morgan fingerprint density at radius 2 is 1.78 bits per heavy atom. The maximum atomic E-state index is 9.28. The summed E-state index contributed by atoms with van der Waals surface area (Å²) in [7, 11) is -0.220. The van der Waals surface area contributed by atoms with Crippen molar-refractivity contribution < 1.29 is 13.8 Å². The van der Waals surface area contributed by atoms with Gasteiger partial charge in [0.1, 0.15) is 5.75 Å². The first-order chi connectivity index (χ1) is 8.86. The van der Waals surface area contributed by atoms with Crippen molar-refractivity contribution in [3.63, 3.8) is 0 Å². The minimum Gasteiger partial charge on any atom is -0.424 e. The summed E-state index contributed by atoms with van der Waals surface area (Å²) >= 11 is 0. The molecule has 6 heteroatoms. The highest BCUT2D eigenvalue weighted by molar-refractivity contribution is 7.17. The lowest BCUT2D eigenvalue weighted by atomic mass is 10.3. The van der Waals surface area contributed by atoms with Crippen molar-refractivity contribution in [2.45, 2.75) is 6.92 Å². The summed E-state index contributed by atoms with van der Waals surface area (Å²) in [6, 6.07) is 11.6. The molecular formula is C12H13N2O3P. The topological polar surface area (TPSA) is 61.3 Å². The van der Waals surface area contributed by atoms with Gasteiger partial charge in [0.05, 0.1) is 6.61 Å². The van der Waals surface area contributed by atoms with Crippen LogP contribution in [0.3, 0.4) is 0 Å². The molecular weight excluding hydrogens is 251 g/mol. The van der Waals surface area contributed by atoms with Gasteiger partial charge in [-0.15, -0.1) is 0 Å². The lowest BCUT2D eigenvalue weighted by Gasteiger charge is -2.00. The second-order valence-corrected chi connectivity index (χ2v) is 3.35. The van der Waals surface area contributed by atoms with Gasteiger partial charge in [0.15, 0.2) is 0 Å². The van der Waals surface area contributed by atoms with E-state index in [0.29, 0.717) is 12.6 Å². The van der Waals surface area contributed by atoms with Gasteiger partial charge >= 0.3 is 14.7 Å². The van der Waals surface area contributed by atoms with Gasteiger partial charge < -0.3 is 4.74 Å². The third-order valence-corrected chi connectivity index (χ3v) is 2.04. The quantitative estimate of drug-likeness (QED) is 0.791. The zero-order valence-corrected chi connectivity index (χ0v) is 10.8. The molecule has 18 heavy (non-hydrogen) atoms. The molecule has 5 nitrogen and oxygen atoms in total. The molecule has 0 atom stereocenters. The van der Waals surface area contributed by atoms with Crippen LogP contribution in [-0.4, -0.2) is 16.6 Å². The Labute approximate surface area is 107 Å². The van der Waals surface area contributed by atoms with E-state index in [1.165, 1.54) is 0 Å². The lowest BCUT2D eigenvalue weighted by Crippen LogP contribution is -1.89. The molecule has 0 N–H and O–H groups in total. The van der Waals surface area contributed by atoms with Gasteiger partial charge in [-0.05, 0) is 25.1 Å². The van der Waals surface area contributed by atoms with Crippen molar-refractivity contribution in [1.29, 1.82) is 0 Å². The predicted molar refractivity (Wildman–Crippen MR) is 67.8 cm³/mol. The Morgan fingerprint density at radius 3 is 2.28 bits per heavy atom. The third-order valence-electron chi connectivity index (χ3n) is 1.68. The smallest absolute Gasteiger partial charge is 0.327 e. The largest absolute Gasteiger partial charge is 0.424 e. The molecule has 2 aromatic rings. The molecule has 0 unspecified atom stereocenters. The highest BCUT2D eigenvalue weighted by Crippen LogP contribution is 2.14. The van der Waals surface area contributed by atoms with E-state index in [0.717, 1.165) is 5.75 Å². The number of benzene rings is 1. The van der Waals surface area contributed by atoms with E-state index in [2.05, 4.69) is 14.5 Å². The van der Waals surface area contributed by atoms with Crippen molar-refractivity contribution >= 4 is 8.69 Å². The Hall–Kier alpha value is -1.84. The normalized spacial score (nSPS) is 9.39. The van der Waals surface area contributed by atoms with Crippen LogP contribution in [0.4, 0.5) is 0 Å². The van der Waals surface area contributed by atoms with Crippen molar-refractivity contribution in [3.8, 4) is 11.8 Å². The van der Waals surface area contributed by atoms with Crippen LogP contribution in [0.1, 0.15) is 6.92 Å². The molecule has 0 fully saturated rings. The average molecular weight is 264 g/mol. The summed E-state index contributed by atoms with van der Waals surface area (Å²) in [6.07, 6.45) is 3.29. The van der Waals surface area contributed by atoms with Crippen molar-refractivity contribution in [3.05, 3.63) is 48.8 Å². The monoisotopic (exact) mass is 264 g/mol. The van der Waals surface area contributed by atoms with Gasteiger partial charge in [0.25, 0.3) is 0 Å². The summed E-state index contributed by atoms with van der Waals surface area (Å²) in [5, 5.41) is 0. The summed E-state index contributed by atoms with van der Waals surface area (Å²) in [6.45, 7) is 2.30. The molecule has 0 amide bonds. The van der Waals surface area contributed by atoms with E-state index in [4.69, 9.17) is 4.74 Å². The molecule has 2 rings (SSSR count). The fourth-order valence-corrected chi connectivity index (χ4v) is 1.09. The van der Waals surface area contributed by atoms with E-state index >= 15 is 0 Å². The summed E-state index contributed by atoms with van der Waals surface area (Å²) in [4.78, 5) is 7.88. The lowest BCUT2D eigenvalue weighted by molar-refractivity contribution is 0.365. The molecule has 94 valence electrons. The number of para-hydroxylation sites is 1. The SMILES string of the molecule is CCOP=O.c1ccc(Oc2ncccn2)cc1. The minimum absolute atomic E-state index is 0.220. The second-order valence-electron chi connectivity index (χ2n) is 2.94. The van der Waals surface area contributed by atoms with Gasteiger partial charge in [-0.2, -0.15) is 0 Å². The second kappa shape index (κ2) is 9.22. The molecule has 0 aliphatic rings. The minimum atomic E-state index is -0.220. The van der Waals surface area contributed by atoms with Crippen LogP contribution in [0.25, 0.3) is 0 Å². The maximum Gasteiger partial charge on any atom is 0.327 e. The number of hydrogen-bond acceptors (Lipinski definition) is 5. The van der Waals surface area contributed by atoms with Crippen molar-refractivity contribution in [2.24, 2.45) is 0 Å². The molecule has 0 saturated heterocycles. The first-order valence-electron chi connectivity index (χ1n) is 5.31. The van der Waals surface area contributed by atoms with E-state index in [9.17, 15) is 4.57 Å². The van der Waals surface area contributed by atoms with Gasteiger partial charge in [-0.3, -0.25) is 4.52 Å². The van der Waals surface area contributed by atoms with Gasteiger partial charge in [0.2, 0.25) is 0 Å². The van der Waals surface area contributed by atoms with E-state index in [-0.39, 0.29) is 8.69 Å². The summed E-state index contributed by atoms with van der Waals surface area (Å²) in [5.74, 6) is 0.744. The fraction of sp³-hybridized carbons (Fsp3) is 0.167. The maximum absolute atomic E-state index is 9.28. The Kier molecular flexibility index (Phi) is 7.28. The Balaban J connectivity index is 0.000000280. The fourth-order valence-electron chi connectivity index (χ4n) is 0.985. The molecule has 1 aromatic heterocycles. The molecule has 0 radical (unpaired) electrons. The van der Waals surface area contributed by atoms with E-state index < -0.39 is 0 Å². The number of ether oxygens (including phenoxy) is 1. The first kappa shape index (κ1) is 14.2. The number of hydrogen-bond donors (Lipinski definition) is 0. The molecule has 0 aliphatic carbocycles. The predicted octanol–water partition coefficient (Wildman–Crippen LogP) is 3.50. The van der Waals surface area contributed by atoms with E-state index in [1.54, 1.807) is 25.4 Å². The molecule has 1 aromatic carbocycles. The standard InChI is InChI=1S/C10H8N2O.C2H5O2P/c1-2-5-9(6-3-1)13-10-11-7-4-8-12-10;1-2-4-5-3/h1-8H;2H2,1H3. The van der Waals surface area contributed by atoms with Crippen LogP contribution in [-0.2, 0) is 9.09 Å². The van der Waals surface area contributed by atoms with Gasteiger partial charge in [-0.25, -0.2) is 14.5 Å². The zero-order valence-electron chi connectivity index (χ0n) is 9.89. The highest BCUT2D eigenvalue weighted by atomic mass is 31.1. The van der Waals surface area contributed by atoms with E-state index in [1.807, 2.05) is 30.3 Å². The molecule has 0 saturated carbocycles. The third kappa shape index (κ3) is 6.03. The zero-order chi connectivity index (χ0) is 13.1. The first-order valence-corrected chi connectivity index (χ1v) is 6.04. The van der Waals surface area contributed by atoms with Crippen LogP contribution in [0.15, 0.2) is 48.8 Å². The molecule has 1 heterocycles. The van der Waals surface area contributed by atoms with Crippen molar-refractivity contribution in [1.82, 2.24) is 9.97 Å². The molecule has 0 spiro atoms. The van der Waals surface area contributed by atoms with Crippen LogP contribution >= 0.6 is 8.69 Å². The number of rotatable bonds is 4. The van der Waals surface area contributed by atoms with Gasteiger partial charge in [-0.1, -0.05) is 18.2 Å². The van der Waals surface area contributed by atoms with Gasteiger partial charge in [0, 0.05) is 12.4 Å². The number of aromatic nitrogens is 2. The van der Waals surface area contributed by atoms with Crippen LogP contribution in [0.2, 0.25) is 0 Å². The Morgan fingerprint density at radius 1 is 1.11 bits per heavy atom. The number of nitrogens with zero attached hydrogens (tertiary/aromatic N) is 2. The summed E-state index contributed by atoms with van der Waals surface area (Å²) in [5.41, 5.74) is 0. The molecule has 0 aliphatic heterocycles. The van der Waals surface area contributed by atoms with Crippen LogP contribution in [0.5, 0.6) is 11.8 Å². The summed E-state index contributed by atoms with van der Waals surface area (Å²) < 4.78 is 18.9. The average Bonchev–Trinajstić information content (AvgIpc) is 2.43. The molecule has 0 bridgehead atoms.